The molecule has 1 aliphatic heterocycles. The van der Waals surface area contributed by atoms with Crippen molar-refractivity contribution in [1.29, 1.82) is 0 Å². The first-order valence-electron chi connectivity index (χ1n) is 5.94. The highest BCUT2D eigenvalue weighted by Crippen LogP contribution is 2.48. The third-order valence-electron chi connectivity index (χ3n) is 3.85. The average molecular weight is 203 g/mol. The fraction of sp³-hybridized carbons (Fsp3) is 0.571. The van der Waals surface area contributed by atoms with E-state index in [4.69, 9.17) is 0 Å². The Hall–Kier alpha value is -0.820. The van der Waals surface area contributed by atoms with Crippen molar-refractivity contribution < 1.29 is 0 Å². The smallest absolute Gasteiger partial charge is 0.00434 e. The van der Waals surface area contributed by atoms with Crippen LogP contribution in [0.3, 0.4) is 0 Å². The number of piperidine rings is 1. The van der Waals surface area contributed by atoms with Crippen molar-refractivity contribution in [3.63, 3.8) is 0 Å². The van der Waals surface area contributed by atoms with E-state index in [9.17, 15) is 0 Å². The predicted octanol–water partition coefficient (Wildman–Crippen LogP) is 3.21. The van der Waals surface area contributed by atoms with Crippen LogP contribution in [0.25, 0.3) is 0 Å². The van der Waals surface area contributed by atoms with Crippen LogP contribution in [-0.4, -0.2) is 13.1 Å². The first kappa shape index (κ1) is 10.7. The van der Waals surface area contributed by atoms with E-state index in [1.54, 1.807) is 11.1 Å². The molecule has 0 atom stereocenters. The molecule has 1 N–H and O–H groups in total. The standard InChI is InChI=1S/C14H21N/c1-3-4-5-13-11-14(10-12(13)2)6-8-15-9-7-14/h3-5,15H,1,6-11H2,2H3/b5-4-. The summed E-state index contributed by atoms with van der Waals surface area (Å²) in [4.78, 5) is 0. The van der Waals surface area contributed by atoms with Gasteiger partial charge in [0, 0.05) is 0 Å². The van der Waals surface area contributed by atoms with Gasteiger partial charge in [-0.15, -0.1) is 0 Å². The molecule has 0 amide bonds. The first-order valence-corrected chi connectivity index (χ1v) is 5.94. The van der Waals surface area contributed by atoms with Crippen LogP contribution in [0, 0.1) is 5.41 Å². The van der Waals surface area contributed by atoms with Crippen molar-refractivity contribution in [2.24, 2.45) is 5.41 Å². The third-order valence-corrected chi connectivity index (χ3v) is 3.85. The van der Waals surface area contributed by atoms with Crippen molar-refractivity contribution in [2.75, 3.05) is 13.1 Å². The molecule has 1 heterocycles. The number of hydrogen-bond donors (Lipinski definition) is 1. The molecule has 0 aromatic carbocycles. The SMILES string of the molecule is C=C/C=C\C1=C(C)CC2(CCNCC2)C1. The quantitative estimate of drug-likeness (QED) is 0.680. The van der Waals surface area contributed by atoms with Gasteiger partial charge in [-0.1, -0.05) is 30.4 Å². The molecule has 1 saturated heterocycles. The molecule has 1 fully saturated rings. The Kier molecular flexibility index (Phi) is 3.11. The van der Waals surface area contributed by atoms with Crippen molar-refractivity contribution in [1.82, 2.24) is 5.32 Å². The molecule has 1 aliphatic carbocycles. The summed E-state index contributed by atoms with van der Waals surface area (Å²) >= 11 is 0. The van der Waals surface area contributed by atoms with Gasteiger partial charge in [0.2, 0.25) is 0 Å². The molecule has 2 aliphatic rings. The molecule has 0 saturated carbocycles. The summed E-state index contributed by atoms with van der Waals surface area (Å²) in [6, 6.07) is 0. The topological polar surface area (TPSA) is 12.0 Å². The van der Waals surface area contributed by atoms with Gasteiger partial charge in [-0.25, -0.2) is 0 Å². The van der Waals surface area contributed by atoms with Gasteiger partial charge in [0.25, 0.3) is 0 Å². The van der Waals surface area contributed by atoms with Gasteiger partial charge in [0.05, 0.1) is 0 Å². The molecule has 1 nitrogen and oxygen atoms in total. The summed E-state index contributed by atoms with van der Waals surface area (Å²) in [5, 5.41) is 3.46. The Morgan fingerprint density at radius 1 is 1.27 bits per heavy atom. The highest BCUT2D eigenvalue weighted by atomic mass is 14.9. The van der Waals surface area contributed by atoms with Gasteiger partial charge in [0.1, 0.15) is 0 Å². The lowest BCUT2D eigenvalue weighted by molar-refractivity contribution is 0.215. The zero-order valence-electron chi connectivity index (χ0n) is 9.68. The van der Waals surface area contributed by atoms with E-state index in [-0.39, 0.29) is 0 Å². The lowest BCUT2D eigenvalue weighted by Crippen LogP contribution is -2.35. The maximum Gasteiger partial charge on any atom is -0.00434 e. The molecule has 2 rings (SSSR count). The van der Waals surface area contributed by atoms with Crippen molar-refractivity contribution in [2.45, 2.75) is 32.6 Å². The maximum atomic E-state index is 3.73. The number of hydrogen-bond acceptors (Lipinski definition) is 1. The van der Waals surface area contributed by atoms with E-state index < -0.39 is 0 Å². The molecular weight excluding hydrogens is 182 g/mol. The highest BCUT2D eigenvalue weighted by Gasteiger charge is 2.37. The van der Waals surface area contributed by atoms with Gasteiger partial charge < -0.3 is 5.32 Å². The molecule has 0 aromatic rings. The van der Waals surface area contributed by atoms with Gasteiger partial charge in [-0.3, -0.25) is 0 Å². The second kappa shape index (κ2) is 4.36. The minimum absolute atomic E-state index is 0.593. The van der Waals surface area contributed by atoms with Crippen molar-refractivity contribution in [3.05, 3.63) is 36.0 Å². The molecule has 1 spiro atoms. The predicted molar refractivity (Wildman–Crippen MR) is 65.8 cm³/mol. The van der Waals surface area contributed by atoms with Crippen LogP contribution in [0.1, 0.15) is 32.6 Å². The van der Waals surface area contributed by atoms with Crippen LogP contribution in [0.2, 0.25) is 0 Å². The monoisotopic (exact) mass is 203 g/mol. The van der Waals surface area contributed by atoms with Crippen LogP contribution < -0.4 is 5.32 Å². The molecule has 82 valence electrons. The Morgan fingerprint density at radius 2 is 2.00 bits per heavy atom. The fourth-order valence-corrected chi connectivity index (χ4v) is 2.99. The van der Waals surface area contributed by atoms with Crippen LogP contribution in [-0.2, 0) is 0 Å². The lowest BCUT2D eigenvalue weighted by atomic mass is 9.76. The summed E-state index contributed by atoms with van der Waals surface area (Å²) in [5.74, 6) is 0. The van der Waals surface area contributed by atoms with Crippen LogP contribution >= 0.6 is 0 Å². The van der Waals surface area contributed by atoms with Gasteiger partial charge in [-0.05, 0) is 56.7 Å². The minimum atomic E-state index is 0.593. The number of nitrogens with one attached hydrogen (secondary N) is 1. The summed E-state index contributed by atoms with van der Waals surface area (Å²) in [5.41, 5.74) is 3.74. The van der Waals surface area contributed by atoms with Crippen LogP contribution in [0.4, 0.5) is 0 Å². The van der Waals surface area contributed by atoms with Gasteiger partial charge in [0.15, 0.2) is 0 Å². The Bertz CT molecular complexity index is 303. The normalized spacial score (nSPS) is 25.4. The van der Waals surface area contributed by atoms with E-state index in [0.717, 1.165) is 0 Å². The third kappa shape index (κ3) is 2.23. The van der Waals surface area contributed by atoms with Gasteiger partial charge in [-0.2, -0.15) is 0 Å². The molecule has 0 bridgehead atoms. The zero-order chi connectivity index (χ0) is 10.7. The second-order valence-electron chi connectivity index (χ2n) is 5.00. The van der Waals surface area contributed by atoms with Crippen molar-refractivity contribution in [3.8, 4) is 0 Å². The molecule has 15 heavy (non-hydrogen) atoms. The van der Waals surface area contributed by atoms with E-state index in [1.165, 1.54) is 38.8 Å². The molecule has 0 radical (unpaired) electrons. The zero-order valence-corrected chi connectivity index (χ0v) is 9.68. The van der Waals surface area contributed by atoms with Crippen LogP contribution in [0.5, 0.6) is 0 Å². The molecular formula is C14H21N. The Balaban J connectivity index is 2.07. The average Bonchev–Trinajstić information content (AvgIpc) is 2.53. The van der Waals surface area contributed by atoms with Crippen LogP contribution in [0.15, 0.2) is 36.0 Å². The largest absolute Gasteiger partial charge is 0.317 e. The second-order valence-corrected chi connectivity index (χ2v) is 5.00. The van der Waals surface area contributed by atoms with E-state index in [1.807, 2.05) is 6.08 Å². The summed E-state index contributed by atoms with van der Waals surface area (Å²) in [6.07, 6.45) is 11.5. The number of allylic oxidation sites excluding steroid dienone is 5. The Morgan fingerprint density at radius 3 is 2.67 bits per heavy atom. The first-order chi connectivity index (χ1) is 7.26. The lowest BCUT2D eigenvalue weighted by Gasteiger charge is -2.34. The fourth-order valence-electron chi connectivity index (χ4n) is 2.99. The highest BCUT2D eigenvalue weighted by molar-refractivity contribution is 5.33. The van der Waals surface area contributed by atoms with E-state index in [0.29, 0.717) is 5.41 Å². The summed E-state index contributed by atoms with van der Waals surface area (Å²) < 4.78 is 0. The molecule has 0 aromatic heterocycles. The van der Waals surface area contributed by atoms with Crippen molar-refractivity contribution >= 4 is 0 Å². The van der Waals surface area contributed by atoms with E-state index in [2.05, 4.69) is 31.0 Å². The summed E-state index contributed by atoms with van der Waals surface area (Å²) in [6.45, 7) is 8.42. The summed E-state index contributed by atoms with van der Waals surface area (Å²) in [7, 11) is 0. The molecule has 1 heteroatoms. The molecule has 0 unspecified atom stereocenters. The maximum absolute atomic E-state index is 3.73. The van der Waals surface area contributed by atoms with E-state index >= 15 is 0 Å². The number of rotatable bonds is 2. The Labute approximate surface area is 93.0 Å². The minimum Gasteiger partial charge on any atom is -0.317 e. The van der Waals surface area contributed by atoms with Gasteiger partial charge >= 0.3 is 0 Å².